The average Bonchev–Trinajstić information content (AvgIpc) is 3.01. The highest BCUT2D eigenvalue weighted by Gasteiger charge is 2.30. The molecule has 1 heterocycles. The number of hydrogen-bond donors (Lipinski definition) is 2. The third-order valence-electron chi connectivity index (χ3n) is 4.64. The molecule has 0 radical (unpaired) electrons. The normalized spacial score (nSPS) is 11.6. The average molecular weight is 497 g/mol. The predicted molar refractivity (Wildman–Crippen MR) is 121 cm³/mol. The Bertz CT molecular complexity index is 1250. The lowest BCUT2D eigenvalue weighted by atomic mass is 10.2. The Labute approximate surface area is 197 Å². The molecular formula is C22H17Cl2F3N4O2. The number of carbonyl (C=O) groups excluding carboxylic acids is 2. The molecule has 11 heteroatoms. The summed E-state index contributed by atoms with van der Waals surface area (Å²) in [6.45, 7) is 3.68. The minimum Gasteiger partial charge on any atom is -0.318 e. The predicted octanol–water partition coefficient (Wildman–Crippen LogP) is 5.51. The lowest BCUT2D eigenvalue weighted by Crippen LogP contribution is -2.32. The molecule has 0 aliphatic heterocycles. The lowest BCUT2D eigenvalue weighted by Gasteiger charge is -2.11. The number of aryl methyl sites for hydroxylation is 1. The highest BCUT2D eigenvalue weighted by atomic mass is 35.5. The zero-order valence-corrected chi connectivity index (χ0v) is 18.8. The zero-order chi connectivity index (χ0) is 24.3. The first-order valence-corrected chi connectivity index (χ1v) is 10.2. The van der Waals surface area contributed by atoms with Gasteiger partial charge in [-0.2, -0.15) is 18.3 Å². The van der Waals surface area contributed by atoms with E-state index in [1.54, 1.807) is 24.3 Å². The summed E-state index contributed by atoms with van der Waals surface area (Å²) in [6.07, 6.45) is -3.23. The van der Waals surface area contributed by atoms with E-state index in [9.17, 15) is 22.8 Å². The number of nitrogens with zero attached hydrogens (tertiary/aromatic N) is 2. The molecule has 0 bridgehead atoms. The maximum atomic E-state index is 12.8. The topological polar surface area (TPSA) is 75.5 Å². The number of rotatable bonds is 4. The Hall–Kier alpha value is -3.30. The smallest absolute Gasteiger partial charge is 0.318 e. The van der Waals surface area contributed by atoms with Crippen LogP contribution in [0.3, 0.4) is 0 Å². The third kappa shape index (κ3) is 5.74. The first kappa shape index (κ1) is 24.3. The van der Waals surface area contributed by atoms with E-state index in [1.165, 1.54) is 12.3 Å². The SMILES string of the molecule is Cc1cc(/C=N\NC(=O)C(=O)Nc2cccc(C(F)(F)F)c2)c(C)n1-c1ccc(Cl)cc1Cl. The molecule has 3 aromatic rings. The van der Waals surface area contributed by atoms with Gasteiger partial charge in [0.2, 0.25) is 0 Å². The first-order valence-electron chi connectivity index (χ1n) is 9.43. The van der Waals surface area contributed by atoms with Crippen molar-refractivity contribution in [1.29, 1.82) is 0 Å². The van der Waals surface area contributed by atoms with Crippen molar-refractivity contribution in [1.82, 2.24) is 9.99 Å². The fourth-order valence-electron chi connectivity index (χ4n) is 3.12. The van der Waals surface area contributed by atoms with Gasteiger partial charge in [-0.1, -0.05) is 29.3 Å². The van der Waals surface area contributed by atoms with Gasteiger partial charge in [0.1, 0.15) is 0 Å². The Morgan fingerprint density at radius 2 is 1.76 bits per heavy atom. The Morgan fingerprint density at radius 1 is 1.03 bits per heavy atom. The van der Waals surface area contributed by atoms with E-state index >= 15 is 0 Å². The van der Waals surface area contributed by atoms with Crippen LogP contribution in [0, 0.1) is 13.8 Å². The second-order valence-electron chi connectivity index (χ2n) is 6.99. The molecule has 0 saturated heterocycles. The summed E-state index contributed by atoms with van der Waals surface area (Å²) in [5.74, 6) is -2.30. The van der Waals surface area contributed by atoms with Crippen molar-refractivity contribution < 1.29 is 22.8 Å². The van der Waals surface area contributed by atoms with Crippen molar-refractivity contribution >= 4 is 46.9 Å². The maximum absolute atomic E-state index is 12.8. The summed E-state index contributed by atoms with van der Waals surface area (Å²) in [5, 5.41) is 6.83. The zero-order valence-electron chi connectivity index (χ0n) is 17.3. The van der Waals surface area contributed by atoms with Crippen LogP contribution < -0.4 is 10.7 Å². The fraction of sp³-hybridized carbons (Fsp3) is 0.136. The minimum atomic E-state index is -4.57. The molecule has 0 atom stereocenters. The maximum Gasteiger partial charge on any atom is 0.416 e. The molecule has 3 rings (SSSR count). The van der Waals surface area contributed by atoms with Crippen LogP contribution in [0.5, 0.6) is 0 Å². The molecule has 2 amide bonds. The third-order valence-corrected chi connectivity index (χ3v) is 5.18. The van der Waals surface area contributed by atoms with Crippen LogP contribution >= 0.6 is 23.2 Å². The summed E-state index contributed by atoms with van der Waals surface area (Å²) in [4.78, 5) is 24.0. The van der Waals surface area contributed by atoms with Crippen LogP contribution in [0.2, 0.25) is 10.0 Å². The molecule has 2 N–H and O–H groups in total. The number of amides is 2. The molecular weight excluding hydrogens is 480 g/mol. The monoisotopic (exact) mass is 496 g/mol. The molecule has 0 spiro atoms. The fourth-order valence-corrected chi connectivity index (χ4v) is 3.62. The lowest BCUT2D eigenvalue weighted by molar-refractivity contribution is -0.137. The van der Waals surface area contributed by atoms with Crippen molar-refractivity contribution in [2.45, 2.75) is 20.0 Å². The number of hydrogen-bond acceptors (Lipinski definition) is 3. The van der Waals surface area contributed by atoms with Gasteiger partial charge < -0.3 is 9.88 Å². The number of carbonyl (C=O) groups is 2. The van der Waals surface area contributed by atoms with Crippen LogP contribution in [-0.2, 0) is 15.8 Å². The number of anilines is 1. The highest BCUT2D eigenvalue weighted by molar-refractivity contribution is 6.39. The van der Waals surface area contributed by atoms with Gasteiger partial charge in [-0.3, -0.25) is 9.59 Å². The van der Waals surface area contributed by atoms with Crippen LogP contribution in [-0.4, -0.2) is 22.6 Å². The largest absolute Gasteiger partial charge is 0.416 e. The molecule has 33 heavy (non-hydrogen) atoms. The molecule has 2 aromatic carbocycles. The van der Waals surface area contributed by atoms with Crippen molar-refractivity contribution in [3.8, 4) is 5.69 Å². The van der Waals surface area contributed by atoms with Crippen molar-refractivity contribution in [2.24, 2.45) is 5.10 Å². The minimum absolute atomic E-state index is 0.169. The van der Waals surface area contributed by atoms with Crippen LogP contribution in [0.4, 0.5) is 18.9 Å². The second kappa shape index (κ2) is 9.68. The molecule has 172 valence electrons. The second-order valence-corrected chi connectivity index (χ2v) is 7.83. The van der Waals surface area contributed by atoms with E-state index in [-0.39, 0.29) is 5.69 Å². The molecule has 0 aliphatic carbocycles. The summed E-state index contributed by atoms with van der Waals surface area (Å²) in [7, 11) is 0. The van der Waals surface area contributed by atoms with Gasteiger partial charge >= 0.3 is 18.0 Å². The number of halogens is 5. The quantitative estimate of drug-likeness (QED) is 0.284. The molecule has 0 unspecified atom stereocenters. The Balaban J connectivity index is 1.69. The van der Waals surface area contributed by atoms with E-state index < -0.39 is 23.6 Å². The highest BCUT2D eigenvalue weighted by Crippen LogP contribution is 2.31. The summed E-state index contributed by atoms with van der Waals surface area (Å²) < 4.78 is 40.2. The number of alkyl halides is 3. The van der Waals surface area contributed by atoms with E-state index in [4.69, 9.17) is 23.2 Å². The van der Waals surface area contributed by atoms with Gasteiger partial charge in [-0.05, 0) is 56.3 Å². The van der Waals surface area contributed by atoms with Gasteiger partial charge in [0, 0.05) is 27.7 Å². The Morgan fingerprint density at radius 3 is 2.42 bits per heavy atom. The van der Waals surface area contributed by atoms with E-state index in [1.807, 2.05) is 18.4 Å². The van der Waals surface area contributed by atoms with Crippen LogP contribution in [0.25, 0.3) is 5.69 Å². The van der Waals surface area contributed by atoms with Crippen molar-refractivity contribution in [2.75, 3.05) is 5.32 Å². The van der Waals surface area contributed by atoms with Crippen LogP contribution in [0.1, 0.15) is 22.5 Å². The van der Waals surface area contributed by atoms with Gasteiger partial charge in [0.05, 0.1) is 22.5 Å². The number of nitrogens with one attached hydrogen (secondary N) is 2. The Kier molecular flexibility index (Phi) is 7.14. The summed E-state index contributed by atoms with van der Waals surface area (Å²) in [6, 6.07) is 10.8. The summed E-state index contributed by atoms with van der Waals surface area (Å²) >= 11 is 12.3. The number of benzene rings is 2. The van der Waals surface area contributed by atoms with Gasteiger partial charge in [0.25, 0.3) is 0 Å². The van der Waals surface area contributed by atoms with Gasteiger partial charge in [0.15, 0.2) is 0 Å². The van der Waals surface area contributed by atoms with E-state index in [0.717, 1.165) is 29.6 Å². The number of hydrazone groups is 1. The molecule has 0 fully saturated rings. The molecule has 0 saturated carbocycles. The standard InChI is InChI=1S/C22H17Cl2F3N4O2/c1-12-8-14(13(2)31(12)19-7-6-16(23)10-18(19)24)11-28-30-21(33)20(32)29-17-5-3-4-15(9-17)22(25,26)27/h3-11H,1-2H3,(H,29,32)(H,30,33)/b28-11-. The first-order chi connectivity index (χ1) is 15.5. The van der Waals surface area contributed by atoms with E-state index in [2.05, 4.69) is 15.8 Å². The van der Waals surface area contributed by atoms with Gasteiger partial charge in [-0.15, -0.1) is 0 Å². The molecule has 0 aliphatic rings. The van der Waals surface area contributed by atoms with E-state index in [0.29, 0.717) is 21.3 Å². The number of aromatic nitrogens is 1. The molecule has 1 aromatic heterocycles. The van der Waals surface area contributed by atoms with Gasteiger partial charge in [-0.25, -0.2) is 5.43 Å². The molecule has 6 nitrogen and oxygen atoms in total. The summed E-state index contributed by atoms with van der Waals surface area (Å²) in [5.41, 5.74) is 3.90. The van der Waals surface area contributed by atoms with Crippen LogP contribution in [0.15, 0.2) is 53.6 Å². The van der Waals surface area contributed by atoms with Crippen molar-refractivity contribution in [3.05, 3.63) is 81.1 Å². The van der Waals surface area contributed by atoms with Crippen molar-refractivity contribution in [3.63, 3.8) is 0 Å².